The number of benzene rings is 2. The molecule has 2 aromatic carbocycles. The zero-order valence-electron chi connectivity index (χ0n) is 14.7. The van der Waals surface area contributed by atoms with Crippen LogP contribution in [0.15, 0.2) is 35.1 Å². The summed E-state index contributed by atoms with van der Waals surface area (Å²) >= 11 is 0. The lowest BCUT2D eigenvalue weighted by molar-refractivity contribution is -0.132. The fourth-order valence-corrected chi connectivity index (χ4v) is 3.59. The number of carbonyl (C=O) groups excluding carboxylic acids is 1. The van der Waals surface area contributed by atoms with Crippen LogP contribution in [0.4, 0.5) is 0 Å². The van der Waals surface area contributed by atoms with Crippen LogP contribution in [0.2, 0.25) is 0 Å². The van der Waals surface area contributed by atoms with Crippen LogP contribution in [-0.4, -0.2) is 23.1 Å². The molecule has 0 atom stereocenters. The van der Waals surface area contributed by atoms with Gasteiger partial charge in [0.25, 0.3) is 0 Å². The molecule has 0 unspecified atom stereocenters. The number of carbonyl (C=O) groups is 1. The standard InChI is InChI=1S/C20H19NO4/c1-20(2)16(22)9-12-14(25-20)10-15(24-4)17-18(12)21(3)13-8-6-5-7-11(13)19(17)23/h5-8,10H,9H2,1-4H3. The average molecular weight is 337 g/mol. The highest BCUT2D eigenvalue weighted by Gasteiger charge is 2.37. The van der Waals surface area contributed by atoms with E-state index in [9.17, 15) is 9.59 Å². The van der Waals surface area contributed by atoms with E-state index in [1.54, 1.807) is 26.0 Å². The van der Waals surface area contributed by atoms with Crippen molar-refractivity contribution in [3.05, 3.63) is 46.1 Å². The van der Waals surface area contributed by atoms with Gasteiger partial charge in [-0.25, -0.2) is 0 Å². The molecule has 128 valence electrons. The van der Waals surface area contributed by atoms with E-state index in [-0.39, 0.29) is 17.6 Å². The minimum atomic E-state index is -0.887. The Bertz CT molecular complexity index is 1110. The quantitative estimate of drug-likeness (QED) is 0.641. The molecule has 0 bridgehead atoms. The van der Waals surface area contributed by atoms with Crippen molar-refractivity contribution in [1.82, 2.24) is 4.57 Å². The van der Waals surface area contributed by atoms with Crippen LogP contribution >= 0.6 is 0 Å². The van der Waals surface area contributed by atoms with Gasteiger partial charge >= 0.3 is 0 Å². The Morgan fingerprint density at radius 2 is 1.92 bits per heavy atom. The third-order valence-corrected chi connectivity index (χ3v) is 5.00. The molecule has 25 heavy (non-hydrogen) atoms. The number of aromatic nitrogens is 1. The Balaban J connectivity index is 2.23. The molecule has 0 spiro atoms. The Morgan fingerprint density at radius 1 is 1.20 bits per heavy atom. The normalized spacial score (nSPS) is 15.9. The van der Waals surface area contributed by atoms with Gasteiger partial charge < -0.3 is 14.0 Å². The van der Waals surface area contributed by atoms with Crippen LogP contribution in [0.1, 0.15) is 19.4 Å². The predicted molar refractivity (Wildman–Crippen MR) is 96.7 cm³/mol. The van der Waals surface area contributed by atoms with Gasteiger partial charge in [-0.3, -0.25) is 9.59 Å². The number of pyridine rings is 1. The summed E-state index contributed by atoms with van der Waals surface area (Å²) in [6.45, 7) is 3.52. The fraction of sp³-hybridized carbons (Fsp3) is 0.300. The molecule has 0 N–H and O–H groups in total. The summed E-state index contributed by atoms with van der Waals surface area (Å²) < 4.78 is 13.4. The number of para-hydroxylation sites is 1. The lowest BCUT2D eigenvalue weighted by Gasteiger charge is -2.32. The number of ether oxygens (including phenoxy) is 2. The van der Waals surface area contributed by atoms with Crippen LogP contribution in [0, 0.1) is 0 Å². The van der Waals surface area contributed by atoms with E-state index in [4.69, 9.17) is 9.47 Å². The van der Waals surface area contributed by atoms with Gasteiger partial charge in [-0.2, -0.15) is 0 Å². The molecule has 5 heteroatoms. The number of methoxy groups -OCH3 is 1. The highest BCUT2D eigenvalue weighted by molar-refractivity contribution is 6.02. The first-order valence-electron chi connectivity index (χ1n) is 8.19. The SMILES string of the molecule is COc1cc2c(c3c1c(=O)c1ccccc1n3C)CC(=O)C(C)(C)O2. The lowest BCUT2D eigenvalue weighted by atomic mass is 9.90. The third kappa shape index (κ3) is 2.08. The van der Waals surface area contributed by atoms with Gasteiger partial charge in [-0.1, -0.05) is 12.1 Å². The number of rotatable bonds is 1. The molecule has 4 rings (SSSR count). The Hall–Kier alpha value is -2.82. The zero-order valence-corrected chi connectivity index (χ0v) is 14.7. The molecule has 5 nitrogen and oxygen atoms in total. The molecule has 0 fully saturated rings. The Kier molecular flexibility index (Phi) is 3.19. The molecule has 0 saturated heterocycles. The van der Waals surface area contributed by atoms with E-state index < -0.39 is 5.60 Å². The molecule has 1 aliphatic heterocycles. The Labute approximate surface area is 144 Å². The van der Waals surface area contributed by atoms with Crippen LogP contribution in [0.3, 0.4) is 0 Å². The van der Waals surface area contributed by atoms with Gasteiger partial charge in [0, 0.05) is 30.5 Å². The van der Waals surface area contributed by atoms with Crippen molar-refractivity contribution in [2.45, 2.75) is 25.9 Å². The van der Waals surface area contributed by atoms with Crippen molar-refractivity contribution in [1.29, 1.82) is 0 Å². The van der Waals surface area contributed by atoms with Crippen molar-refractivity contribution < 1.29 is 14.3 Å². The summed E-state index contributed by atoms with van der Waals surface area (Å²) in [5.74, 6) is 1.05. The summed E-state index contributed by atoms with van der Waals surface area (Å²) in [5.41, 5.74) is 1.27. The molecule has 0 radical (unpaired) electrons. The van der Waals surface area contributed by atoms with E-state index in [1.165, 1.54) is 7.11 Å². The van der Waals surface area contributed by atoms with Crippen molar-refractivity contribution in [2.75, 3.05) is 7.11 Å². The van der Waals surface area contributed by atoms with Crippen LogP contribution in [-0.2, 0) is 18.3 Å². The molecule has 3 aromatic rings. The lowest BCUT2D eigenvalue weighted by Crippen LogP contribution is -2.42. The number of fused-ring (bicyclic) bond motifs is 4. The van der Waals surface area contributed by atoms with Crippen molar-refractivity contribution in [3.63, 3.8) is 0 Å². The molecule has 0 amide bonds. The van der Waals surface area contributed by atoms with E-state index in [0.29, 0.717) is 27.8 Å². The fourth-order valence-electron chi connectivity index (χ4n) is 3.59. The molecule has 2 heterocycles. The van der Waals surface area contributed by atoms with Crippen LogP contribution in [0.5, 0.6) is 11.5 Å². The first-order valence-corrected chi connectivity index (χ1v) is 8.19. The largest absolute Gasteiger partial charge is 0.496 e. The number of Topliss-reactive ketones (excluding diaryl/α,β-unsaturated/α-hetero) is 1. The molecular formula is C20H19NO4. The molecular weight excluding hydrogens is 318 g/mol. The predicted octanol–water partition coefficient (Wildman–Crippen LogP) is 2.98. The third-order valence-electron chi connectivity index (χ3n) is 5.00. The molecule has 1 aromatic heterocycles. The van der Waals surface area contributed by atoms with Crippen LogP contribution < -0.4 is 14.9 Å². The van der Waals surface area contributed by atoms with Crippen LogP contribution in [0.25, 0.3) is 21.8 Å². The van der Waals surface area contributed by atoms with Gasteiger partial charge in [0.1, 0.15) is 11.5 Å². The van der Waals surface area contributed by atoms with E-state index in [1.807, 2.05) is 29.8 Å². The number of aryl methyl sites for hydroxylation is 1. The topological polar surface area (TPSA) is 57.5 Å². The van der Waals surface area contributed by atoms with Gasteiger partial charge in [-0.15, -0.1) is 0 Å². The molecule has 0 saturated carbocycles. The Morgan fingerprint density at radius 3 is 2.64 bits per heavy atom. The maximum atomic E-state index is 13.1. The van der Waals surface area contributed by atoms with Crippen molar-refractivity contribution in [3.8, 4) is 11.5 Å². The van der Waals surface area contributed by atoms with Gasteiger partial charge in [-0.05, 0) is 26.0 Å². The number of ketones is 1. The maximum Gasteiger partial charge on any atom is 0.200 e. The van der Waals surface area contributed by atoms with Crippen molar-refractivity contribution in [2.24, 2.45) is 7.05 Å². The van der Waals surface area contributed by atoms with E-state index in [2.05, 4.69) is 0 Å². The highest BCUT2D eigenvalue weighted by Crippen LogP contribution is 2.40. The first kappa shape index (κ1) is 15.7. The number of hydrogen-bond acceptors (Lipinski definition) is 4. The van der Waals surface area contributed by atoms with E-state index >= 15 is 0 Å². The molecule has 0 aliphatic carbocycles. The van der Waals surface area contributed by atoms with Crippen molar-refractivity contribution >= 4 is 27.6 Å². The first-order chi connectivity index (χ1) is 11.8. The summed E-state index contributed by atoms with van der Waals surface area (Å²) in [4.78, 5) is 25.6. The van der Waals surface area contributed by atoms with Gasteiger partial charge in [0.15, 0.2) is 11.4 Å². The minimum absolute atomic E-state index is 0.00734. The monoisotopic (exact) mass is 337 g/mol. The number of nitrogens with zero attached hydrogens (tertiary/aromatic N) is 1. The number of hydrogen-bond donors (Lipinski definition) is 0. The summed E-state index contributed by atoms with van der Waals surface area (Å²) in [5, 5.41) is 1.11. The summed E-state index contributed by atoms with van der Waals surface area (Å²) in [6.07, 6.45) is 0.231. The zero-order chi connectivity index (χ0) is 17.9. The molecule has 1 aliphatic rings. The average Bonchev–Trinajstić information content (AvgIpc) is 2.59. The summed E-state index contributed by atoms with van der Waals surface area (Å²) in [7, 11) is 3.43. The second kappa shape index (κ2) is 5.09. The second-order valence-electron chi connectivity index (χ2n) is 6.90. The maximum absolute atomic E-state index is 13.1. The summed E-state index contributed by atoms with van der Waals surface area (Å²) in [6, 6.07) is 9.17. The second-order valence-corrected chi connectivity index (χ2v) is 6.90. The van der Waals surface area contributed by atoms with E-state index in [0.717, 1.165) is 11.1 Å². The van der Waals surface area contributed by atoms with Gasteiger partial charge in [0.2, 0.25) is 5.43 Å². The highest BCUT2D eigenvalue weighted by atomic mass is 16.5. The van der Waals surface area contributed by atoms with Gasteiger partial charge in [0.05, 0.1) is 23.5 Å². The smallest absolute Gasteiger partial charge is 0.200 e. The minimum Gasteiger partial charge on any atom is -0.496 e.